The quantitative estimate of drug-likeness (QED) is 0.336. The molecule has 0 atom stereocenters. The van der Waals surface area contributed by atoms with Crippen LogP contribution in [0.4, 0.5) is 0 Å². The van der Waals surface area contributed by atoms with E-state index in [2.05, 4.69) is 13.8 Å². The van der Waals surface area contributed by atoms with Crippen molar-refractivity contribution in [1.82, 2.24) is 0 Å². The van der Waals surface area contributed by atoms with E-state index in [1.54, 1.807) is 0 Å². The summed E-state index contributed by atoms with van der Waals surface area (Å²) in [5.74, 6) is -0.158. The van der Waals surface area contributed by atoms with Gasteiger partial charge in [-0.25, -0.2) is 0 Å². The Bertz CT molecular complexity index is 97.4. The van der Waals surface area contributed by atoms with Crippen molar-refractivity contribution >= 4 is 0 Å². The Balaban J connectivity index is 2.01. The highest BCUT2D eigenvalue weighted by atomic mass is 17.4. The minimum absolute atomic E-state index is 0.158. The van der Waals surface area contributed by atoms with Crippen molar-refractivity contribution in [3.8, 4) is 0 Å². The molecule has 0 aromatic heterocycles. The van der Waals surface area contributed by atoms with Gasteiger partial charge in [-0.05, 0) is 6.42 Å². The maximum Gasteiger partial charge on any atom is 0.234 e. The van der Waals surface area contributed by atoms with Gasteiger partial charge in [-0.2, -0.15) is 9.78 Å². The molecule has 0 aromatic rings. The standard InChI is InChI=1S/C8H16O2/c1-3-5-6-7-8(4-2)9-10-8/h3-7H2,1-2H3. The van der Waals surface area contributed by atoms with Crippen molar-refractivity contribution in [2.45, 2.75) is 51.7 Å². The van der Waals surface area contributed by atoms with Crippen molar-refractivity contribution in [2.24, 2.45) is 0 Å². The van der Waals surface area contributed by atoms with Crippen LogP contribution in [0.3, 0.4) is 0 Å². The fraction of sp³-hybridized carbons (Fsp3) is 1.00. The van der Waals surface area contributed by atoms with Gasteiger partial charge in [0.2, 0.25) is 5.79 Å². The molecule has 0 N–H and O–H groups in total. The molecular weight excluding hydrogens is 128 g/mol. The Morgan fingerprint density at radius 1 is 1.10 bits per heavy atom. The van der Waals surface area contributed by atoms with E-state index >= 15 is 0 Å². The summed E-state index contributed by atoms with van der Waals surface area (Å²) in [6.07, 6.45) is 5.83. The van der Waals surface area contributed by atoms with Crippen molar-refractivity contribution in [3.63, 3.8) is 0 Å². The predicted octanol–water partition coefficient (Wildman–Crippen LogP) is 2.63. The van der Waals surface area contributed by atoms with Gasteiger partial charge in [0.05, 0.1) is 0 Å². The van der Waals surface area contributed by atoms with E-state index < -0.39 is 0 Å². The molecule has 0 bridgehead atoms. The Morgan fingerprint density at radius 3 is 2.20 bits per heavy atom. The summed E-state index contributed by atoms with van der Waals surface area (Å²) in [7, 11) is 0. The molecule has 1 aliphatic heterocycles. The minimum atomic E-state index is -0.158. The van der Waals surface area contributed by atoms with Gasteiger partial charge in [-0.1, -0.05) is 26.7 Å². The van der Waals surface area contributed by atoms with Gasteiger partial charge >= 0.3 is 0 Å². The fourth-order valence-electron chi connectivity index (χ4n) is 1.08. The Morgan fingerprint density at radius 2 is 1.80 bits per heavy atom. The summed E-state index contributed by atoms with van der Waals surface area (Å²) in [5, 5.41) is 0. The van der Waals surface area contributed by atoms with Crippen LogP contribution in [0, 0.1) is 0 Å². The molecule has 2 heteroatoms. The van der Waals surface area contributed by atoms with E-state index in [1.165, 1.54) is 19.3 Å². The zero-order valence-corrected chi connectivity index (χ0v) is 6.85. The summed E-state index contributed by atoms with van der Waals surface area (Å²) < 4.78 is 0. The van der Waals surface area contributed by atoms with Gasteiger partial charge in [-0.3, -0.25) is 0 Å². The van der Waals surface area contributed by atoms with E-state index in [9.17, 15) is 0 Å². The van der Waals surface area contributed by atoms with E-state index in [4.69, 9.17) is 9.78 Å². The Kier molecular flexibility index (Phi) is 2.69. The van der Waals surface area contributed by atoms with E-state index in [-0.39, 0.29) is 5.79 Å². The summed E-state index contributed by atoms with van der Waals surface area (Å²) in [4.78, 5) is 9.78. The summed E-state index contributed by atoms with van der Waals surface area (Å²) >= 11 is 0. The van der Waals surface area contributed by atoms with Crippen molar-refractivity contribution < 1.29 is 9.78 Å². The Hall–Kier alpha value is -0.0800. The zero-order chi connectivity index (χ0) is 7.45. The molecule has 0 spiro atoms. The van der Waals surface area contributed by atoms with Gasteiger partial charge in [-0.15, -0.1) is 0 Å². The first-order chi connectivity index (χ1) is 4.83. The van der Waals surface area contributed by atoms with Crippen LogP contribution in [0.15, 0.2) is 0 Å². The topological polar surface area (TPSA) is 25.1 Å². The number of hydrogen-bond donors (Lipinski definition) is 0. The van der Waals surface area contributed by atoms with Gasteiger partial charge in [0.25, 0.3) is 0 Å². The molecule has 60 valence electrons. The second-order valence-corrected chi connectivity index (χ2v) is 2.89. The molecular formula is C8H16O2. The molecule has 1 aliphatic rings. The second kappa shape index (κ2) is 3.35. The molecule has 0 unspecified atom stereocenters. The molecule has 0 amide bonds. The SMILES string of the molecule is CCCCCC1(CC)OO1. The number of rotatable bonds is 5. The predicted molar refractivity (Wildman–Crippen MR) is 39.3 cm³/mol. The van der Waals surface area contributed by atoms with E-state index in [0.717, 1.165) is 12.8 Å². The monoisotopic (exact) mass is 144 g/mol. The number of hydrogen-bond acceptors (Lipinski definition) is 2. The zero-order valence-electron chi connectivity index (χ0n) is 6.85. The van der Waals surface area contributed by atoms with Crippen LogP contribution >= 0.6 is 0 Å². The minimum Gasteiger partial charge on any atom is -0.195 e. The maximum absolute atomic E-state index is 4.89. The molecule has 1 fully saturated rings. The first-order valence-corrected chi connectivity index (χ1v) is 4.20. The van der Waals surface area contributed by atoms with Crippen LogP contribution in [0.2, 0.25) is 0 Å². The summed E-state index contributed by atoms with van der Waals surface area (Å²) in [5.41, 5.74) is 0. The van der Waals surface area contributed by atoms with Crippen LogP contribution in [0.1, 0.15) is 46.0 Å². The molecule has 0 aromatic carbocycles. The van der Waals surface area contributed by atoms with Gasteiger partial charge in [0.1, 0.15) is 0 Å². The second-order valence-electron chi connectivity index (χ2n) is 2.89. The molecule has 1 rings (SSSR count). The van der Waals surface area contributed by atoms with Crippen LogP contribution in [0.5, 0.6) is 0 Å². The maximum atomic E-state index is 4.89. The molecule has 0 radical (unpaired) electrons. The lowest BCUT2D eigenvalue weighted by Gasteiger charge is -2.01. The summed E-state index contributed by atoms with van der Waals surface area (Å²) in [6, 6.07) is 0. The third-order valence-electron chi connectivity index (χ3n) is 2.02. The molecule has 10 heavy (non-hydrogen) atoms. The number of unbranched alkanes of at least 4 members (excludes halogenated alkanes) is 2. The smallest absolute Gasteiger partial charge is 0.195 e. The fourth-order valence-corrected chi connectivity index (χ4v) is 1.08. The highest BCUT2D eigenvalue weighted by Gasteiger charge is 2.45. The average Bonchev–Trinajstić information content (AvgIpc) is 2.70. The van der Waals surface area contributed by atoms with Crippen LogP contribution in [-0.2, 0) is 9.78 Å². The van der Waals surface area contributed by atoms with Gasteiger partial charge < -0.3 is 0 Å². The lowest BCUT2D eigenvalue weighted by atomic mass is 10.1. The van der Waals surface area contributed by atoms with Crippen molar-refractivity contribution in [3.05, 3.63) is 0 Å². The first-order valence-electron chi connectivity index (χ1n) is 4.20. The largest absolute Gasteiger partial charge is 0.234 e. The van der Waals surface area contributed by atoms with Crippen molar-refractivity contribution in [1.29, 1.82) is 0 Å². The summed E-state index contributed by atoms with van der Waals surface area (Å²) in [6.45, 7) is 4.30. The highest BCUT2D eigenvalue weighted by Crippen LogP contribution is 2.37. The lowest BCUT2D eigenvalue weighted by Crippen LogP contribution is -2.07. The average molecular weight is 144 g/mol. The van der Waals surface area contributed by atoms with Gasteiger partial charge in [0, 0.05) is 12.8 Å². The van der Waals surface area contributed by atoms with Crippen LogP contribution in [-0.4, -0.2) is 5.79 Å². The Labute approximate surface area is 62.4 Å². The highest BCUT2D eigenvalue weighted by molar-refractivity contribution is 4.71. The molecule has 1 heterocycles. The third-order valence-corrected chi connectivity index (χ3v) is 2.02. The lowest BCUT2D eigenvalue weighted by molar-refractivity contribution is 0.0850. The normalized spacial score (nSPS) is 21.0. The van der Waals surface area contributed by atoms with Crippen molar-refractivity contribution in [2.75, 3.05) is 0 Å². The first kappa shape index (κ1) is 8.02. The van der Waals surface area contributed by atoms with Crippen LogP contribution in [0.25, 0.3) is 0 Å². The van der Waals surface area contributed by atoms with E-state index in [1.807, 2.05) is 0 Å². The van der Waals surface area contributed by atoms with Gasteiger partial charge in [0.15, 0.2) is 0 Å². The van der Waals surface area contributed by atoms with E-state index in [0.29, 0.717) is 0 Å². The molecule has 2 nitrogen and oxygen atoms in total. The molecule has 0 aliphatic carbocycles. The third kappa shape index (κ3) is 1.96. The molecule has 1 saturated heterocycles. The van der Waals surface area contributed by atoms with Crippen LogP contribution < -0.4 is 0 Å². The molecule has 0 saturated carbocycles.